The molecule has 0 unspecified atom stereocenters. The van der Waals surface area contributed by atoms with Crippen molar-refractivity contribution in [3.8, 4) is 0 Å². The number of esters is 1. The van der Waals surface area contributed by atoms with Gasteiger partial charge in [0.05, 0.1) is 6.61 Å². The van der Waals surface area contributed by atoms with Gasteiger partial charge in [-0.1, -0.05) is 30.3 Å². The summed E-state index contributed by atoms with van der Waals surface area (Å²) in [6, 6.07) is 8.40. The van der Waals surface area contributed by atoms with Crippen molar-refractivity contribution in [3.63, 3.8) is 0 Å². The summed E-state index contributed by atoms with van der Waals surface area (Å²) in [5, 5.41) is 6.07. The maximum absolute atomic E-state index is 12.5. The van der Waals surface area contributed by atoms with Crippen molar-refractivity contribution in [1.82, 2.24) is 10.6 Å². The van der Waals surface area contributed by atoms with E-state index in [1.807, 2.05) is 51.1 Å². The van der Waals surface area contributed by atoms with E-state index < -0.39 is 12.1 Å². The van der Waals surface area contributed by atoms with E-state index in [9.17, 15) is 9.59 Å². The minimum Gasteiger partial charge on any atom is -0.464 e. The number of carbonyl (C=O) groups is 2. The van der Waals surface area contributed by atoms with Crippen LogP contribution < -0.4 is 10.6 Å². The average molecular weight is 290 g/mol. The van der Waals surface area contributed by atoms with Crippen LogP contribution in [0.5, 0.6) is 0 Å². The minimum absolute atomic E-state index is 0.145. The lowest BCUT2D eigenvalue weighted by atomic mass is 10.0. The molecule has 5 heteroatoms. The number of carbonyl (C=O) groups excluding carboxylic acids is 2. The molecule has 21 heavy (non-hydrogen) atoms. The topological polar surface area (TPSA) is 67.4 Å². The molecule has 0 spiro atoms. The van der Waals surface area contributed by atoms with Gasteiger partial charge in [-0.2, -0.15) is 0 Å². The number of hydrogen-bond donors (Lipinski definition) is 2. The quantitative estimate of drug-likeness (QED) is 0.826. The summed E-state index contributed by atoms with van der Waals surface area (Å²) in [4.78, 5) is 24.2. The Balaban J connectivity index is 2.18. The molecule has 1 aromatic rings. The van der Waals surface area contributed by atoms with Crippen LogP contribution in [0, 0.1) is 0 Å². The van der Waals surface area contributed by atoms with Crippen molar-refractivity contribution in [1.29, 1.82) is 0 Å². The van der Waals surface area contributed by atoms with Crippen LogP contribution >= 0.6 is 0 Å². The zero-order chi connectivity index (χ0) is 15.5. The van der Waals surface area contributed by atoms with Crippen molar-refractivity contribution < 1.29 is 14.3 Å². The molecule has 5 nitrogen and oxygen atoms in total. The SMILES string of the molecule is CC(C)(C)NC(=O)[C@@H](N[C@H]1CCOC1=O)c1ccccc1. The number of benzene rings is 1. The first-order valence-electron chi connectivity index (χ1n) is 7.16. The van der Waals surface area contributed by atoms with Crippen LogP contribution in [-0.4, -0.2) is 30.1 Å². The first kappa shape index (κ1) is 15.5. The van der Waals surface area contributed by atoms with Gasteiger partial charge in [-0.15, -0.1) is 0 Å². The third-order valence-electron chi connectivity index (χ3n) is 3.20. The fourth-order valence-electron chi connectivity index (χ4n) is 2.26. The summed E-state index contributed by atoms with van der Waals surface area (Å²) in [5.41, 5.74) is 0.501. The molecule has 1 aromatic carbocycles. The molecule has 2 N–H and O–H groups in total. The third kappa shape index (κ3) is 4.29. The lowest BCUT2D eigenvalue weighted by Gasteiger charge is -2.27. The number of nitrogens with one attached hydrogen (secondary N) is 2. The molecule has 114 valence electrons. The molecule has 0 radical (unpaired) electrons. The molecular formula is C16H22N2O3. The van der Waals surface area contributed by atoms with E-state index in [1.165, 1.54) is 0 Å². The molecule has 1 aliphatic rings. The van der Waals surface area contributed by atoms with Gasteiger partial charge in [-0.3, -0.25) is 14.9 Å². The summed E-state index contributed by atoms with van der Waals surface area (Å²) in [6.45, 7) is 6.18. The van der Waals surface area contributed by atoms with E-state index in [-0.39, 0.29) is 17.4 Å². The summed E-state index contributed by atoms with van der Waals surface area (Å²) in [7, 11) is 0. The van der Waals surface area contributed by atoms with Gasteiger partial charge in [0.2, 0.25) is 5.91 Å². The van der Waals surface area contributed by atoms with Gasteiger partial charge < -0.3 is 10.1 Å². The van der Waals surface area contributed by atoms with Gasteiger partial charge in [0, 0.05) is 12.0 Å². The summed E-state index contributed by atoms with van der Waals surface area (Å²) in [5.74, 6) is -0.437. The molecule has 0 aliphatic carbocycles. The van der Waals surface area contributed by atoms with Crippen LogP contribution in [0.4, 0.5) is 0 Å². The standard InChI is InChI=1S/C16H22N2O3/c1-16(2,3)18-14(19)13(11-7-5-4-6-8-11)17-12-9-10-21-15(12)20/h4-8,12-13,17H,9-10H2,1-3H3,(H,18,19)/t12-,13-/m0/s1. The Labute approximate surface area is 125 Å². The first-order valence-corrected chi connectivity index (χ1v) is 7.16. The highest BCUT2D eigenvalue weighted by Crippen LogP contribution is 2.18. The largest absolute Gasteiger partial charge is 0.464 e. The maximum atomic E-state index is 12.5. The molecule has 0 bridgehead atoms. The molecule has 1 fully saturated rings. The van der Waals surface area contributed by atoms with E-state index in [2.05, 4.69) is 10.6 Å². The van der Waals surface area contributed by atoms with Crippen LogP contribution in [0.15, 0.2) is 30.3 Å². The van der Waals surface area contributed by atoms with Crippen molar-refractivity contribution in [3.05, 3.63) is 35.9 Å². The Bertz CT molecular complexity index is 508. The Morgan fingerprint density at radius 2 is 1.95 bits per heavy atom. The van der Waals surface area contributed by atoms with Crippen molar-refractivity contribution in [2.75, 3.05) is 6.61 Å². The highest BCUT2D eigenvalue weighted by atomic mass is 16.5. The molecule has 2 rings (SSSR count). The lowest BCUT2D eigenvalue weighted by Crippen LogP contribution is -2.49. The maximum Gasteiger partial charge on any atom is 0.323 e. The lowest BCUT2D eigenvalue weighted by molar-refractivity contribution is -0.140. The zero-order valence-electron chi connectivity index (χ0n) is 12.7. The molecular weight excluding hydrogens is 268 g/mol. The van der Waals surface area contributed by atoms with Crippen LogP contribution in [-0.2, 0) is 14.3 Å². The van der Waals surface area contributed by atoms with Gasteiger partial charge >= 0.3 is 5.97 Å². The van der Waals surface area contributed by atoms with Gasteiger partial charge in [-0.05, 0) is 26.3 Å². The summed E-state index contributed by atoms with van der Waals surface area (Å²) < 4.78 is 4.95. The molecule has 1 aliphatic heterocycles. The van der Waals surface area contributed by atoms with Crippen LogP contribution in [0.3, 0.4) is 0 Å². The predicted octanol–water partition coefficient (Wildman–Crippen LogP) is 1.55. The molecule has 1 amide bonds. The Morgan fingerprint density at radius 1 is 1.29 bits per heavy atom. The van der Waals surface area contributed by atoms with Gasteiger partial charge in [0.1, 0.15) is 12.1 Å². The van der Waals surface area contributed by atoms with E-state index in [1.54, 1.807) is 0 Å². The molecule has 1 heterocycles. The number of rotatable bonds is 4. The van der Waals surface area contributed by atoms with E-state index >= 15 is 0 Å². The molecule has 0 saturated carbocycles. The highest BCUT2D eigenvalue weighted by Gasteiger charge is 2.32. The smallest absolute Gasteiger partial charge is 0.323 e. The van der Waals surface area contributed by atoms with Crippen LogP contribution in [0.2, 0.25) is 0 Å². The van der Waals surface area contributed by atoms with Crippen LogP contribution in [0.25, 0.3) is 0 Å². The fourth-order valence-corrected chi connectivity index (χ4v) is 2.26. The number of amides is 1. The minimum atomic E-state index is -0.568. The monoisotopic (exact) mass is 290 g/mol. The van der Waals surface area contributed by atoms with Gasteiger partial charge in [0.15, 0.2) is 0 Å². The van der Waals surface area contributed by atoms with E-state index in [4.69, 9.17) is 4.74 Å². The Morgan fingerprint density at radius 3 is 2.48 bits per heavy atom. The molecule has 1 saturated heterocycles. The zero-order valence-corrected chi connectivity index (χ0v) is 12.7. The second kappa shape index (κ2) is 6.26. The van der Waals surface area contributed by atoms with Gasteiger partial charge in [-0.25, -0.2) is 0 Å². The number of ether oxygens (including phenoxy) is 1. The second-order valence-electron chi connectivity index (χ2n) is 6.26. The van der Waals surface area contributed by atoms with Crippen molar-refractivity contribution in [2.24, 2.45) is 0 Å². The average Bonchev–Trinajstić information content (AvgIpc) is 2.80. The fraction of sp³-hybridized carbons (Fsp3) is 0.500. The number of hydrogen-bond acceptors (Lipinski definition) is 4. The number of cyclic esters (lactones) is 1. The Kier molecular flexibility index (Phi) is 4.63. The highest BCUT2D eigenvalue weighted by molar-refractivity contribution is 5.85. The second-order valence-corrected chi connectivity index (χ2v) is 6.26. The first-order chi connectivity index (χ1) is 9.87. The van der Waals surface area contributed by atoms with Gasteiger partial charge in [0.25, 0.3) is 0 Å². The normalized spacial score (nSPS) is 20.0. The molecule has 0 aromatic heterocycles. The van der Waals surface area contributed by atoms with Crippen molar-refractivity contribution in [2.45, 2.75) is 44.8 Å². The van der Waals surface area contributed by atoms with E-state index in [0.717, 1.165) is 5.56 Å². The third-order valence-corrected chi connectivity index (χ3v) is 3.20. The summed E-state index contributed by atoms with van der Waals surface area (Å²) in [6.07, 6.45) is 0.588. The summed E-state index contributed by atoms with van der Waals surface area (Å²) >= 11 is 0. The van der Waals surface area contributed by atoms with E-state index in [0.29, 0.717) is 13.0 Å². The predicted molar refractivity (Wildman–Crippen MR) is 79.6 cm³/mol. The van der Waals surface area contributed by atoms with Crippen LogP contribution in [0.1, 0.15) is 38.8 Å². The molecule has 2 atom stereocenters. The Hall–Kier alpha value is -1.88. The van der Waals surface area contributed by atoms with Crippen molar-refractivity contribution >= 4 is 11.9 Å².